The monoisotopic (exact) mass is 473 g/mol. The lowest BCUT2D eigenvalue weighted by Gasteiger charge is -2.25. The number of hydrogen-bond donors (Lipinski definition) is 2. The fourth-order valence-corrected chi connectivity index (χ4v) is 3.28. The molecular formula is C19H28IN3OS. The molecule has 1 aromatic carbocycles. The number of methoxy groups -OCH3 is 1. The molecule has 0 aliphatic heterocycles. The van der Waals surface area contributed by atoms with E-state index in [2.05, 4.69) is 59.1 Å². The molecule has 0 aliphatic rings. The molecule has 0 aliphatic carbocycles. The second kappa shape index (κ2) is 10.7. The highest BCUT2D eigenvalue weighted by molar-refractivity contribution is 14.0. The summed E-state index contributed by atoms with van der Waals surface area (Å²) in [5.74, 6) is 1.73. The van der Waals surface area contributed by atoms with Crippen LogP contribution in [0.25, 0.3) is 0 Å². The Balaban J connectivity index is 0.00000312. The van der Waals surface area contributed by atoms with Crippen LogP contribution in [0.3, 0.4) is 0 Å². The molecule has 138 valence electrons. The fourth-order valence-electron chi connectivity index (χ4n) is 2.43. The molecule has 6 heteroatoms. The maximum atomic E-state index is 5.26. The van der Waals surface area contributed by atoms with E-state index in [1.807, 2.05) is 12.1 Å². The van der Waals surface area contributed by atoms with Gasteiger partial charge in [0.15, 0.2) is 5.96 Å². The minimum Gasteiger partial charge on any atom is -0.497 e. The number of nitrogens with one attached hydrogen (secondary N) is 2. The third-order valence-electron chi connectivity index (χ3n) is 3.95. The van der Waals surface area contributed by atoms with Gasteiger partial charge in [0.2, 0.25) is 0 Å². The Bertz CT molecular complexity index is 656. The Morgan fingerprint density at radius 3 is 2.64 bits per heavy atom. The van der Waals surface area contributed by atoms with Gasteiger partial charge in [0.1, 0.15) is 5.75 Å². The first-order chi connectivity index (χ1) is 11.5. The van der Waals surface area contributed by atoms with E-state index < -0.39 is 0 Å². The standard InChI is InChI=1S/C19H27N3OS.HI/c1-19(2,17-9-6-12-24-17)14-22-18(20-3)21-11-10-15-7-5-8-16(13-15)23-4;/h5-9,12-13H,10-11,14H2,1-4H3,(H2,20,21,22);1H. The number of guanidine groups is 1. The van der Waals surface area contributed by atoms with Gasteiger partial charge < -0.3 is 15.4 Å². The average molecular weight is 473 g/mol. The Labute approximate surface area is 172 Å². The van der Waals surface area contributed by atoms with Crippen LogP contribution in [-0.4, -0.2) is 33.2 Å². The number of hydrogen-bond acceptors (Lipinski definition) is 3. The Morgan fingerprint density at radius 2 is 2.00 bits per heavy atom. The lowest BCUT2D eigenvalue weighted by Crippen LogP contribution is -2.43. The van der Waals surface area contributed by atoms with Gasteiger partial charge in [-0.2, -0.15) is 0 Å². The summed E-state index contributed by atoms with van der Waals surface area (Å²) in [6, 6.07) is 12.4. The summed E-state index contributed by atoms with van der Waals surface area (Å²) in [5, 5.41) is 8.93. The van der Waals surface area contributed by atoms with Gasteiger partial charge in [-0.25, -0.2) is 0 Å². The van der Waals surface area contributed by atoms with Crippen LogP contribution in [0.2, 0.25) is 0 Å². The van der Waals surface area contributed by atoms with Crippen LogP contribution in [0.1, 0.15) is 24.3 Å². The van der Waals surface area contributed by atoms with E-state index >= 15 is 0 Å². The van der Waals surface area contributed by atoms with Gasteiger partial charge in [-0.15, -0.1) is 35.3 Å². The molecule has 0 radical (unpaired) electrons. The zero-order valence-corrected chi connectivity index (χ0v) is 18.5. The van der Waals surface area contributed by atoms with Crippen molar-refractivity contribution in [3.63, 3.8) is 0 Å². The molecule has 2 aromatic rings. The minimum absolute atomic E-state index is 0. The molecule has 0 fully saturated rings. The van der Waals surface area contributed by atoms with Crippen LogP contribution in [-0.2, 0) is 11.8 Å². The summed E-state index contributed by atoms with van der Waals surface area (Å²) in [6.45, 7) is 6.16. The second-order valence-corrected chi connectivity index (χ2v) is 7.26. The van der Waals surface area contributed by atoms with Crippen molar-refractivity contribution in [3.05, 3.63) is 52.2 Å². The van der Waals surface area contributed by atoms with E-state index in [0.717, 1.165) is 31.2 Å². The number of benzene rings is 1. The largest absolute Gasteiger partial charge is 0.497 e. The molecular weight excluding hydrogens is 445 g/mol. The highest BCUT2D eigenvalue weighted by Crippen LogP contribution is 2.26. The molecule has 0 amide bonds. The Kier molecular flexibility index (Phi) is 9.27. The maximum absolute atomic E-state index is 5.26. The molecule has 0 atom stereocenters. The van der Waals surface area contributed by atoms with E-state index in [-0.39, 0.29) is 29.4 Å². The molecule has 0 saturated heterocycles. The molecule has 25 heavy (non-hydrogen) atoms. The van der Waals surface area contributed by atoms with E-state index in [4.69, 9.17) is 4.74 Å². The Morgan fingerprint density at radius 1 is 1.20 bits per heavy atom. The summed E-state index contributed by atoms with van der Waals surface area (Å²) >= 11 is 1.80. The van der Waals surface area contributed by atoms with Crippen molar-refractivity contribution in [3.8, 4) is 5.75 Å². The molecule has 1 heterocycles. The van der Waals surface area contributed by atoms with Gasteiger partial charge >= 0.3 is 0 Å². The molecule has 0 unspecified atom stereocenters. The first-order valence-electron chi connectivity index (χ1n) is 8.16. The van der Waals surface area contributed by atoms with Crippen molar-refractivity contribution in [2.24, 2.45) is 4.99 Å². The van der Waals surface area contributed by atoms with Crippen LogP contribution in [0.5, 0.6) is 5.75 Å². The van der Waals surface area contributed by atoms with Crippen molar-refractivity contribution >= 4 is 41.3 Å². The van der Waals surface area contributed by atoms with Gasteiger partial charge in [-0.3, -0.25) is 4.99 Å². The zero-order valence-electron chi connectivity index (χ0n) is 15.3. The molecule has 0 spiro atoms. The quantitative estimate of drug-likeness (QED) is 0.362. The fraction of sp³-hybridized carbons (Fsp3) is 0.421. The molecule has 4 nitrogen and oxygen atoms in total. The molecule has 2 N–H and O–H groups in total. The van der Waals surface area contributed by atoms with Crippen molar-refractivity contribution in [1.29, 1.82) is 0 Å². The molecule has 2 rings (SSSR count). The van der Waals surface area contributed by atoms with Crippen molar-refractivity contribution in [1.82, 2.24) is 10.6 Å². The van der Waals surface area contributed by atoms with E-state index in [1.165, 1.54) is 10.4 Å². The lowest BCUT2D eigenvalue weighted by atomic mass is 9.91. The third kappa shape index (κ3) is 6.86. The van der Waals surface area contributed by atoms with Crippen LogP contribution < -0.4 is 15.4 Å². The number of halogens is 1. The SMILES string of the molecule is CN=C(NCCc1cccc(OC)c1)NCC(C)(C)c1cccs1.I. The predicted molar refractivity (Wildman–Crippen MR) is 119 cm³/mol. The predicted octanol–water partition coefficient (Wildman–Crippen LogP) is 4.06. The highest BCUT2D eigenvalue weighted by Gasteiger charge is 2.21. The first-order valence-corrected chi connectivity index (χ1v) is 9.04. The van der Waals surface area contributed by atoms with Gasteiger partial charge in [-0.1, -0.05) is 32.0 Å². The number of thiophene rings is 1. The summed E-state index contributed by atoms with van der Waals surface area (Å²) < 4.78 is 5.26. The van der Waals surface area contributed by atoms with Gasteiger partial charge in [0.25, 0.3) is 0 Å². The molecule has 0 bridgehead atoms. The summed E-state index contributed by atoms with van der Waals surface area (Å²) in [6.07, 6.45) is 0.923. The number of aliphatic imine (C=N–C) groups is 1. The maximum Gasteiger partial charge on any atom is 0.191 e. The third-order valence-corrected chi connectivity index (χ3v) is 5.19. The normalized spacial score (nSPS) is 11.6. The van der Waals surface area contributed by atoms with Gasteiger partial charge in [0.05, 0.1) is 7.11 Å². The number of rotatable bonds is 7. The summed E-state index contributed by atoms with van der Waals surface area (Å²) in [4.78, 5) is 5.69. The van der Waals surface area contributed by atoms with E-state index in [1.54, 1.807) is 25.5 Å². The smallest absolute Gasteiger partial charge is 0.191 e. The lowest BCUT2D eigenvalue weighted by molar-refractivity contribution is 0.414. The van der Waals surface area contributed by atoms with E-state index in [0.29, 0.717) is 0 Å². The minimum atomic E-state index is 0. The van der Waals surface area contributed by atoms with Crippen molar-refractivity contribution < 1.29 is 4.74 Å². The summed E-state index contributed by atoms with van der Waals surface area (Å²) in [5.41, 5.74) is 1.33. The molecule has 0 saturated carbocycles. The molecule has 1 aromatic heterocycles. The Hall–Kier alpha value is -1.28. The highest BCUT2D eigenvalue weighted by atomic mass is 127. The van der Waals surface area contributed by atoms with Crippen molar-refractivity contribution in [2.75, 3.05) is 27.2 Å². The van der Waals surface area contributed by atoms with E-state index in [9.17, 15) is 0 Å². The zero-order chi connectivity index (χ0) is 17.4. The second-order valence-electron chi connectivity index (χ2n) is 6.32. The topological polar surface area (TPSA) is 45.7 Å². The number of ether oxygens (including phenoxy) is 1. The van der Waals surface area contributed by atoms with Crippen LogP contribution in [0.15, 0.2) is 46.8 Å². The van der Waals surface area contributed by atoms with Crippen molar-refractivity contribution in [2.45, 2.75) is 25.7 Å². The number of nitrogens with zero attached hydrogens (tertiary/aromatic N) is 1. The first kappa shape index (κ1) is 21.8. The van der Waals surface area contributed by atoms with Crippen LogP contribution >= 0.6 is 35.3 Å². The van der Waals surface area contributed by atoms with Crippen LogP contribution in [0, 0.1) is 0 Å². The van der Waals surface area contributed by atoms with Gasteiger partial charge in [0, 0.05) is 30.4 Å². The summed E-state index contributed by atoms with van der Waals surface area (Å²) in [7, 11) is 3.50. The van der Waals surface area contributed by atoms with Gasteiger partial charge in [-0.05, 0) is 35.6 Å². The average Bonchev–Trinajstić information content (AvgIpc) is 3.13. The van der Waals surface area contributed by atoms with Crippen LogP contribution in [0.4, 0.5) is 0 Å².